The number of rotatable bonds is 7. The van der Waals surface area contributed by atoms with Gasteiger partial charge >= 0.3 is 0 Å². The SMILES string of the molecule is Cc1ccccc1-c1nnn(C[C@@H](O)COCC(C)C)n1. The minimum absolute atomic E-state index is 0.275. The lowest BCUT2D eigenvalue weighted by Gasteiger charge is -2.11. The molecule has 114 valence electrons. The first-order valence-corrected chi connectivity index (χ1v) is 7.16. The van der Waals surface area contributed by atoms with Crippen LogP contribution in [-0.2, 0) is 11.3 Å². The normalized spacial score (nSPS) is 12.8. The number of ether oxygens (including phenoxy) is 1. The van der Waals surface area contributed by atoms with Crippen LogP contribution < -0.4 is 0 Å². The summed E-state index contributed by atoms with van der Waals surface area (Å²) in [5, 5.41) is 22.2. The fourth-order valence-corrected chi connectivity index (χ4v) is 1.93. The Kier molecular flexibility index (Phi) is 5.41. The highest BCUT2D eigenvalue weighted by Crippen LogP contribution is 2.17. The van der Waals surface area contributed by atoms with E-state index in [1.807, 2.05) is 31.2 Å². The third kappa shape index (κ3) is 4.61. The molecule has 2 aromatic rings. The summed E-state index contributed by atoms with van der Waals surface area (Å²) in [5.74, 6) is 1.03. The van der Waals surface area contributed by atoms with Crippen LogP contribution in [0.4, 0.5) is 0 Å². The highest BCUT2D eigenvalue weighted by molar-refractivity contribution is 5.58. The monoisotopic (exact) mass is 290 g/mol. The Hall–Kier alpha value is -1.79. The molecular weight excluding hydrogens is 268 g/mol. The van der Waals surface area contributed by atoms with E-state index < -0.39 is 6.10 Å². The average Bonchev–Trinajstić information content (AvgIpc) is 2.87. The van der Waals surface area contributed by atoms with Crippen LogP contribution in [0.15, 0.2) is 24.3 Å². The van der Waals surface area contributed by atoms with Gasteiger partial charge in [0.1, 0.15) is 0 Å². The molecule has 1 heterocycles. The minimum Gasteiger partial charge on any atom is -0.389 e. The molecule has 0 saturated heterocycles. The van der Waals surface area contributed by atoms with Gasteiger partial charge in [-0.15, -0.1) is 10.2 Å². The van der Waals surface area contributed by atoms with Crippen molar-refractivity contribution in [3.05, 3.63) is 29.8 Å². The van der Waals surface area contributed by atoms with E-state index in [0.717, 1.165) is 11.1 Å². The molecule has 0 aliphatic carbocycles. The van der Waals surface area contributed by atoms with Gasteiger partial charge in [-0.3, -0.25) is 0 Å². The number of aryl methyl sites for hydroxylation is 1. The van der Waals surface area contributed by atoms with E-state index >= 15 is 0 Å². The van der Waals surface area contributed by atoms with Crippen molar-refractivity contribution in [3.63, 3.8) is 0 Å². The molecule has 0 spiro atoms. The van der Waals surface area contributed by atoms with Crippen molar-refractivity contribution < 1.29 is 9.84 Å². The first-order valence-electron chi connectivity index (χ1n) is 7.16. The molecule has 21 heavy (non-hydrogen) atoms. The van der Waals surface area contributed by atoms with E-state index in [4.69, 9.17) is 4.74 Å². The van der Waals surface area contributed by atoms with Crippen molar-refractivity contribution >= 4 is 0 Å². The van der Waals surface area contributed by atoms with Gasteiger partial charge in [0.25, 0.3) is 0 Å². The summed E-state index contributed by atoms with van der Waals surface area (Å²) in [7, 11) is 0. The molecule has 0 radical (unpaired) electrons. The van der Waals surface area contributed by atoms with Crippen LogP contribution in [-0.4, -0.2) is 44.6 Å². The first kappa shape index (κ1) is 15.6. The molecule has 6 nitrogen and oxygen atoms in total. The fourth-order valence-electron chi connectivity index (χ4n) is 1.93. The predicted molar refractivity (Wildman–Crippen MR) is 79.7 cm³/mol. The first-order chi connectivity index (χ1) is 10.1. The Morgan fingerprint density at radius 2 is 2.00 bits per heavy atom. The number of aliphatic hydroxyl groups is 1. The van der Waals surface area contributed by atoms with Crippen LogP contribution in [0.1, 0.15) is 19.4 Å². The lowest BCUT2D eigenvalue weighted by atomic mass is 10.1. The molecule has 0 unspecified atom stereocenters. The van der Waals surface area contributed by atoms with Gasteiger partial charge in [0.05, 0.1) is 19.3 Å². The minimum atomic E-state index is -0.636. The summed E-state index contributed by atoms with van der Waals surface area (Å²) in [5.41, 5.74) is 2.05. The zero-order valence-corrected chi connectivity index (χ0v) is 12.7. The Bertz CT molecular complexity index is 568. The van der Waals surface area contributed by atoms with E-state index in [0.29, 0.717) is 18.3 Å². The van der Waals surface area contributed by atoms with Crippen molar-refractivity contribution in [2.24, 2.45) is 5.92 Å². The molecule has 2 rings (SSSR count). The fraction of sp³-hybridized carbons (Fsp3) is 0.533. The molecule has 0 amide bonds. The van der Waals surface area contributed by atoms with E-state index in [-0.39, 0.29) is 13.2 Å². The Balaban J connectivity index is 1.93. The van der Waals surface area contributed by atoms with E-state index in [2.05, 4.69) is 29.3 Å². The Morgan fingerprint density at radius 3 is 2.71 bits per heavy atom. The van der Waals surface area contributed by atoms with Gasteiger partial charge in [0.15, 0.2) is 0 Å². The van der Waals surface area contributed by atoms with Crippen LogP contribution in [0.5, 0.6) is 0 Å². The molecular formula is C15H22N4O2. The van der Waals surface area contributed by atoms with Crippen molar-refractivity contribution in [2.75, 3.05) is 13.2 Å². The maximum Gasteiger partial charge on any atom is 0.205 e. The zero-order chi connectivity index (χ0) is 15.2. The van der Waals surface area contributed by atoms with Gasteiger partial charge in [0.2, 0.25) is 5.82 Å². The topological polar surface area (TPSA) is 73.1 Å². The molecule has 0 bridgehead atoms. The average molecular weight is 290 g/mol. The Morgan fingerprint density at radius 1 is 1.24 bits per heavy atom. The number of tetrazole rings is 1. The van der Waals surface area contributed by atoms with Gasteiger partial charge < -0.3 is 9.84 Å². The second-order valence-electron chi connectivity index (χ2n) is 5.57. The van der Waals surface area contributed by atoms with Crippen LogP contribution in [0.3, 0.4) is 0 Å². The second-order valence-corrected chi connectivity index (χ2v) is 5.57. The number of aliphatic hydroxyl groups excluding tert-OH is 1. The molecule has 0 aliphatic heterocycles. The lowest BCUT2D eigenvalue weighted by molar-refractivity contribution is 0.0144. The third-order valence-corrected chi connectivity index (χ3v) is 2.97. The summed E-state index contributed by atoms with van der Waals surface area (Å²) < 4.78 is 5.40. The molecule has 0 fully saturated rings. The molecule has 0 saturated carbocycles. The van der Waals surface area contributed by atoms with Crippen molar-refractivity contribution in [2.45, 2.75) is 33.4 Å². The van der Waals surface area contributed by atoms with Gasteiger partial charge in [0, 0.05) is 12.2 Å². The number of aromatic nitrogens is 4. The molecule has 1 aromatic heterocycles. The van der Waals surface area contributed by atoms with Gasteiger partial charge in [-0.25, -0.2) is 0 Å². The lowest BCUT2D eigenvalue weighted by Crippen LogP contribution is -2.24. The summed E-state index contributed by atoms with van der Waals surface area (Å²) in [4.78, 5) is 1.41. The third-order valence-electron chi connectivity index (χ3n) is 2.97. The largest absolute Gasteiger partial charge is 0.389 e. The van der Waals surface area contributed by atoms with E-state index in [9.17, 15) is 5.11 Å². The highest BCUT2D eigenvalue weighted by Gasteiger charge is 2.11. The second kappa shape index (κ2) is 7.28. The van der Waals surface area contributed by atoms with Gasteiger partial charge in [-0.1, -0.05) is 38.1 Å². The standard InChI is InChI=1S/C15H22N4O2/c1-11(2)9-21-10-13(20)8-19-17-15(16-18-19)14-7-5-4-6-12(14)3/h4-7,11,13,20H,8-10H2,1-3H3/t13-/m1/s1. The maximum atomic E-state index is 9.90. The van der Waals surface area contributed by atoms with Crippen LogP contribution in [0.25, 0.3) is 11.4 Å². The predicted octanol–water partition coefficient (Wildman–Crippen LogP) is 1.68. The van der Waals surface area contributed by atoms with E-state index in [1.165, 1.54) is 4.80 Å². The molecule has 6 heteroatoms. The number of hydrogen-bond donors (Lipinski definition) is 1. The van der Waals surface area contributed by atoms with Gasteiger partial charge in [-0.05, 0) is 23.6 Å². The van der Waals surface area contributed by atoms with Crippen LogP contribution in [0, 0.1) is 12.8 Å². The molecule has 1 atom stereocenters. The molecule has 0 aliphatic rings. The summed E-state index contributed by atoms with van der Waals surface area (Å²) in [6, 6.07) is 7.88. The summed E-state index contributed by atoms with van der Waals surface area (Å²) in [6.07, 6.45) is -0.636. The van der Waals surface area contributed by atoms with Crippen LogP contribution >= 0.6 is 0 Å². The summed E-state index contributed by atoms with van der Waals surface area (Å²) in [6.45, 7) is 7.33. The highest BCUT2D eigenvalue weighted by atomic mass is 16.5. The number of benzene rings is 1. The summed E-state index contributed by atoms with van der Waals surface area (Å²) >= 11 is 0. The van der Waals surface area contributed by atoms with Crippen molar-refractivity contribution in [1.29, 1.82) is 0 Å². The van der Waals surface area contributed by atoms with Crippen molar-refractivity contribution in [1.82, 2.24) is 20.2 Å². The smallest absolute Gasteiger partial charge is 0.205 e. The Labute approximate surface area is 124 Å². The molecule has 1 N–H and O–H groups in total. The van der Waals surface area contributed by atoms with Crippen LogP contribution in [0.2, 0.25) is 0 Å². The molecule has 1 aromatic carbocycles. The number of hydrogen-bond acceptors (Lipinski definition) is 5. The quantitative estimate of drug-likeness (QED) is 0.840. The van der Waals surface area contributed by atoms with Crippen molar-refractivity contribution in [3.8, 4) is 11.4 Å². The van der Waals surface area contributed by atoms with E-state index in [1.54, 1.807) is 0 Å². The number of nitrogens with zero attached hydrogens (tertiary/aromatic N) is 4. The van der Waals surface area contributed by atoms with Gasteiger partial charge in [-0.2, -0.15) is 4.80 Å². The maximum absolute atomic E-state index is 9.90. The zero-order valence-electron chi connectivity index (χ0n) is 12.7.